The van der Waals surface area contributed by atoms with Crippen molar-refractivity contribution in [2.45, 2.75) is 43.6 Å². The van der Waals surface area contributed by atoms with Gasteiger partial charge in [-0.2, -0.15) is 5.10 Å². The number of thioether (sulfide) groups is 1. The molecule has 0 radical (unpaired) electrons. The summed E-state index contributed by atoms with van der Waals surface area (Å²) >= 11 is 1.57. The third kappa shape index (κ3) is 5.35. The van der Waals surface area contributed by atoms with Crippen LogP contribution in [-0.4, -0.2) is 33.2 Å². The third-order valence-corrected chi connectivity index (χ3v) is 4.66. The number of nitrogens with two attached hydrogens (primary N) is 1. The molecule has 0 saturated heterocycles. The normalized spacial score (nSPS) is 13.7. The minimum absolute atomic E-state index is 0.0852. The van der Waals surface area contributed by atoms with E-state index < -0.39 is 0 Å². The Morgan fingerprint density at radius 2 is 2.08 bits per heavy atom. The maximum atomic E-state index is 12.5. The van der Waals surface area contributed by atoms with E-state index in [-0.39, 0.29) is 11.4 Å². The fraction of sp³-hybridized carbons (Fsp3) is 0.471. The zero-order valence-electron chi connectivity index (χ0n) is 14.4. The number of aromatic amines is 1. The quantitative estimate of drug-likeness (QED) is 0.638. The van der Waals surface area contributed by atoms with Gasteiger partial charge < -0.3 is 11.1 Å². The van der Waals surface area contributed by atoms with E-state index in [9.17, 15) is 4.79 Å². The molecule has 1 aromatic heterocycles. The van der Waals surface area contributed by atoms with Crippen LogP contribution in [0.15, 0.2) is 35.7 Å². The molecule has 130 valence electrons. The van der Waals surface area contributed by atoms with Crippen molar-refractivity contribution in [3.8, 4) is 0 Å². The number of hydrogen-bond acceptors (Lipinski definition) is 5. The second-order valence-corrected chi connectivity index (χ2v) is 7.56. The van der Waals surface area contributed by atoms with Crippen molar-refractivity contribution in [1.29, 1.82) is 0 Å². The zero-order chi connectivity index (χ0) is 17.6. The summed E-state index contributed by atoms with van der Waals surface area (Å²) in [5.74, 6) is 1.15. The van der Waals surface area contributed by atoms with Gasteiger partial charge in [-0.3, -0.25) is 9.89 Å². The summed E-state index contributed by atoms with van der Waals surface area (Å²) in [7, 11) is 0. The molecule has 4 N–H and O–H groups in total. The predicted octanol–water partition coefficient (Wildman–Crippen LogP) is 2.59. The maximum Gasteiger partial charge on any atom is 0.251 e. The van der Waals surface area contributed by atoms with Gasteiger partial charge in [0.2, 0.25) is 0 Å². The molecule has 2 aromatic rings. The number of aromatic nitrogens is 3. The SMILES string of the molecule is CC(C)CC(C)(CN)NC(=O)c1ccc(CSc2ncn[nH]2)cc1. The second-order valence-electron chi connectivity index (χ2n) is 6.59. The van der Waals surface area contributed by atoms with Crippen molar-refractivity contribution >= 4 is 17.7 Å². The fourth-order valence-corrected chi connectivity index (χ4v) is 3.34. The highest BCUT2D eigenvalue weighted by Gasteiger charge is 2.26. The molecule has 0 aliphatic heterocycles. The van der Waals surface area contributed by atoms with Crippen LogP contribution >= 0.6 is 11.8 Å². The topological polar surface area (TPSA) is 96.7 Å². The molecular weight excluding hydrogens is 322 g/mol. The molecule has 1 heterocycles. The molecule has 0 bridgehead atoms. The van der Waals surface area contributed by atoms with Gasteiger partial charge in [0, 0.05) is 23.4 Å². The first-order valence-corrected chi connectivity index (χ1v) is 9.00. The Morgan fingerprint density at radius 3 is 2.62 bits per heavy atom. The first-order valence-electron chi connectivity index (χ1n) is 8.01. The fourth-order valence-electron chi connectivity index (χ4n) is 2.60. The number of rotatable bonds is 8. The second kappa shape index (κ2) is 8.30. The van der Waals surface area contributed by atoms with E-state index in [1.54, 1.807) is 11.8 Å². The summed E-state index contributed by atoms with van der Waals surface area (Å²) in [5.41, 5.74) is 7.24. The van der Waals surface area contributed by atoms with Crippen LogP contribution in [0.2, 0.25) is 0 Å². The molecule has 0 aliphatic rings. The number of benzene rings is 1. The standard InChI is InChI=1S/C17H25N5OS/c1-12(2)8-17(3,10-18)21-15(23)14-6-4-13(5-7-14)9-24-16-19-11-20-22-16/h4-7,11-12H,8-10,18H2,1-3H3,(H,21,23)(H,19,20,22). The molecule has 1 unspecified atom stereocenters. The van der Waals surface area contributed by atoms with Gasteiger partial charge >= 0.3 is 0 Å². The number of nitrogens with one attached hydrogen (secondary N) is 2. The van der Waals surface area contributed by atoms with Crippen molar-refractivity contribution in [3.63, 3.8) is 0 Å². The molecule has 0 fully saturated rings. The first-order chi connectivity index (χ1) is 11.4. The highest BCUT2D eigenvalue weighted by atomic mass is 32.2. The van der Waals surface area contributed by atoms with Crippen LogP contribution in [0, 0.1) is 5.92 Å². The summed E-state index contributed by atoms with van der Waals surface area (Å²) in [6.07, 6.45) is 2.34. The number of carbonyl (C=O) groups is 1. The molecule has 0 saturated carbocycles. The monoisotopic (exact) mass is 347 g/mol. The Morgan fingerprint density at radius 1 is 1.38 bits per heavy atom. The molecule has 1 aromatic carbocycles. The Kier molecular flexibility index (Phi) is 6.39. The lowest BCUT2D eigenvalue weighted by Gasteiger charge is -2.31. The summed E-state index contributed by atoms with van der Waals surface area (Å²) in [5, 5.41) is 10.5. The average Bonchev–Trinajstić information content (AvgIpc) is 3.06. The van der Waals surface area contributed by atoms with Gasteiger partial charge in [-0.25, -0.2) is 4.98 Å². The average molecular weight is 347 g/mol. The molecule has 6 nitrogen and oxygen atoms in total. The minimum atomic E-state index is -0.383. The molecule has 2 rings (SSSR count). The van der Waals surface area contributed by atoms with Crippen molar-refractivity contribution in [3.05, 3.63) is 41.7 Å². The number of hydrogen-bond donors (Lipinski definition) is 3. The van der Waals surface area contributed by atoms with E-state index in [2.05, 4.69) is 34.3 Å². The summed E-state index contributed by atoms with van der Waals surface area (Å²) < 4.78 is 0. The molecule has 1 atom stereocenters. The van der Waals surface area contributed by atoms with Gasteiger partial charge in [-0.1, -0.05) is 37.7 Å². The van der Waals surface area contributed by atoms with Crippen LogP contribution in [0.4, 0.5) is 0 Å². The Labute approximate surface area is 147 Å². The Bertz CT molecular complexity index is 642. The van der Waals surface area contributed by atoms with Crippen LogP contribution < -0.4 is 11.1 Å². The molecule has 7 heteroatoms. The number of amides is 1. The van der Waals surface area contributed by atoms with Gasteiger partial charge in [0.1, 0.15) is 6.33 Å². The van der Waals surface area contributed by atoms with Crippen molar-refractivity contribution in [1.82, 2.24) is 20.5 Å². The lowest BCUT2D eigenvalue weighted by Crippen LogP contribution is -2.52. The van der Waals surface area contributed by atoms with Gasteiger partial charge in [0.25, 0.3) is 5.91 Å². The van der Waals surface area contributed by atoms with E-state index in [0.717, 1.165) is 22.9 Å². The maximum absolute atomic E-state index is 12.5. The first kappa shape index (κ1) is 18.5. The Balaban J connectivity index is 1.95. The van der Waals surface area contributed by atoms with Gasteiger partial charge in [0.15, 0.2) is 5.16 Å². The highest BCUT2D eigenvalue weighted by molar-refractivity contribution is 7.98. The number of H-pyrrole nitrogens is 1. The van der Waals surface area contributed by atoms with E-state index >= 15 is 0 Å². The van der Waals surface area contributed by atoms with Crippen molar-refractivity contribution in [2.75, 3.05) is 6.54 Å². The van der Waals surface area contributed by atoms with Crippen LogP contribution in [0.1, 0.15) is 43.1 Å². The van der Waals surface area contributed by atoms with Crippen LogP contribution in [0.5, 0.6) is 0 Å². The van der Waals surface area contributed by atoms with Crippen LogP contribution in [0.3, 0.4) is 0 Å². The van der Waals surface area contributed by atoms with Gasteiger partial charge in [-0.05, 0) is 37.0 Å². The Hall–Kier alpha value is -1.86. The van der Waals surface area contributed by atoms with Crippen LogP contribution in [-0.2, 0) is 5.75 Å². The lowest BCUT2D eigenvalue weighted by atomic mass is 9.90. The van der Waals surface area contributed by atoms with Crippen molar-refractivity contribution in [2.24, 2.45) is 11.7 Å². The van der Waals surface area contributed by atoms with Crippen molar-refractivity contribution < 1.29 is 4.79 Å². The third-order valence-electron chi connectivity index (χ3n) is 3.71. The van der Waals surface area contributed by atoms with Gasteiger partial charge in [-0.15, -0.1) is 0 Å². The van der Waals surface area contributed by atoms with E-state index in [0.29, 0.717) is 18.0 Å². The molecule has 0 spiro atoms. The van der Waals surface area contributed by atoms with Crippen LogP contribution in [0.25, 0.3) is 0 Å². The van der Waals surface area contributed by atoms with E-state index in [1.165, 1.54) is 6.33 Å². The number of nitrogens with zero attached hydrogens (tertiary/aromatic N) is 2. The highest BCUT2D eigenvalue weighted by Crippen LogP contribution is 2.19. The largest absolute Gasteiger partial charge is 0.346 e. The zero-order valence-corrected chi connectivity index (χ0v) is 15.2. The molecule has 1 amide bonds. The predicted molar refractivity (Wildman–Crippen MR) is 96.8 cm³/mol. The van der Waals surface area contributed by atoms with E-state index in [4.69, 9.17) is 5.73 Å². The van der Waals surface area contributed by atoms with Gasteiger partial charge in [0.05, 0.1) is 0 Å². The molecular formula is C17H25N5OS. The molecule has 0 aliphatic carbocycles. The molecule has 24 heavy (non-hydrogen) atoms. The summed E-state index contributed by atoms with van der Waals surface area (Å²) in [4.78, 5) is 16.5. The smallest absolute Gasteiger partial charge is 0.251 e. The summed E-state index contributed by atoms with van der Waals surface area (Å²) in [6, 6.07) is 7.61. The summed E-state index contributed by atoms with van der Waals surface area (Å²) in [6.45, 7) is 6.66. The van der Waals surface area contributed by atoms with E-state index in [1.807, 2.05) is 31.2 Å². The lowest BCUT2D eigenvalue weighted by molar-refractivity contribution is 0.0898. The minimum Gasteiger partial charge on any atom is -0.346 e. The number of carbonyl (C=O) groups excluding carboxylic acids is 1.